The van der Waals surface area contributed by atoms with E-state index in [0.29, 0.717) is 25.7 Å². The minimum absolute atomic E-state index is 0.0800. The van der Waals surface area contributed by atoms with Crippen molar-refractivity contribution >= 4 is 11.9 Å². The van der Waals surface area contributed by atoms with Crippen LogP contribution >= 0.6 is 0 Å². The minimum Gasteiger partial charge on any atom is -0.354 e. The molecule has 0 saturated carbocycles. The topological polar surface area (TPSA) is 64.7 Å². The zero-order chi connectivity index (χ0) is 18.2. The fourth-order valence-corrected chi connectivity index (χ4v) is 2.96. The average Bonchev–Trinajstić information content (AvgIpc) is 2.77. The molecule has 0 aliphatic carbocycles. The number of urea groups is 1. The molecule has 6 heteroatoms. The normalized spacial score (nSPS) is 19.3. The predicted octanol–water partition coefficient (Wildman–Crippen LogP) is 1.82. The van der Waals surface area contributed by atoms with Crippen LogP contribution in [0.15, 0.2) is 30.3 Å². The molecule has 2 N–H and O–H groups in total. The highest BCUT2D eigenvalue weighted by Gasteiger charge is 2.27. The van der Waals surface area contributed by atoms with Gasteiger partial charge in [0.2, 0.25) is 5.91 Å². The third-order valence-corrected chi connectivity index (χ3v) is 4.85. The predicted molar refractivity (Wildman–Crippen MR) is 99.2 cm³/mol. The maximum Gasteiger partial charge on any atom is 0.318 e. The van der Waals surface area contributed by atoms with Crippen LogP contribution in [0.1, 0.15) is 32.3 Å². The Bertz CT molecular complexity index is 564. The van der Waals surface area contributed by atoms with Crippen LogP contribution in [-0.2, 0) is 11.3 Å². The standard InChI is InChI=1S/C19H30N4O2/c1-15(22(3)14-17-8-5-4-6-9-17)10-12-21-19(25)23-13-7-11-20-18(24)16(23)2/h4-6,8-9,15-16H,7,10-14H2,1-3H3,(H,20,24)(H,21,25). The molecule has 1 heterocycles. The molecule has 138 valence electrons. The summed E-state index contributed by atoms with van der Waals surface area (Å²) in [6, 6.07) is 10.1. The fraction of sp³-hybridized carbons (Fsp3) is 0.579. The van der Waals surface area contributed by atoms with Crippen LogP contribution in [0.4, 0.5) is 4.79 Å². The zero-order valence-electron chi connectivity index (χ0n) is 15.5. The van der Waals surface area contributed by atoms with Crippen molar-refractivity contribution in [3.63, 3.8) is 0 Å². The molecule has 0 bridgehead atoms. The Morgan fingerprint density at radius 1 is 1.40 bits per heavy atom. The summed E-state index contributed by atoms with van der Waals surface area (Å²) < 4.78 is 0. The highest BCUT2D eigenvalue weighted by molar-refractivity contribution is 5.87. The zero-order valence-corrected chi connectivity index (χ0v) is 15.5. The van der Waals surface area contributed by atoms with Crippen LogP contribution in [0, 0.1) is 0 Å². The number of benzene rings is 1. The van der Waals surface area contributed by atoms with Gasteiger partial charge in [-0.15, -0.1) is 0 Å². The van der Waals surface area contributed by atoms with Gasteiger partial charge in [-0.05, 0) is 39.3 Å². The van der Waals surface area contributed by atoms with Gasteiger partial charge in [0, 0.05) is 32.2 Å². The molecule has 1 aromatic carbocycles. The Labute approximate surface area is 150 Å². The lowest BCUT2D eigenvalue weighted by molar-refractivity contribution is -0.124. The van der Waals surface area contributed by atoms with E-state index in [2.05, 4.69) is 41.6 Å². The highest BCUT2D eigenvalue weighted by Crippen LogP contribution is 2.09. The van der Waals surface area contributed by atoms with Gasteiger partial charge in [-0.2, -0.15) is 0 Å². The summed E-state index contributed by atoms with van der Waals surface area (Å²) in [4.78, 5) is 28.1. The Hall–Kier alpha value is -2.08. The summed E-state index contributed by atoms with van der Waals surface area (Å²) in [5, 5.41) is 5.79. The first-order chi connectivity index (χ1) is 12.0. The van der Waals surface area contributed by atoms with Gasteiger partial charge in [0.15, 0.2) is 0 Å². The number of amides is 3. The van der Waals surface area contributed by atoms with Crippen molar-refractivity contribution in [3.05, 3.63) is 35.9 Å². The van der Waals surface area contributed by atoms with Gasteiger partial charge in [0.25, 0.3) is 0 Å². The Balaban J connectivity index is 1.75. The molecule has 0 spiro atoms. The molecule has 1 aliphatic heterocycles. The van der Waals surface area contributed by atoms with Crippen molar-refractivity contribution in [3.8, 4) is 0 Å². The monoisotopic (exact) mass is 346 g/mol. The van der Waals surface area contributed by atoms with Crippen LogP contribution in [0.25, 0.3) is 0 Å². The Morgan fingerprint density at radius 3 is 2.84 bits per heavy atom. The van der Waals surface area contributed by atoms with E-state index in [1.807, 2.05) is 18.2 Å². The molecule has 1 saturated heterocycles. The third-order valence-electron chi connectivity index (χ3n) is 4.85. The Morgan fingerprint density at radius 2 is 2.12 bits per heavy atom. The maximum atomic E-state index is 12.4. The first-order valence-corrected chi connectivity index (χ1v) is 9.05. The molecule has 1 fully saturated rings. The van der Waals surface area contributed by atoms with Crippen LogP contribution in [0.2, 0.25) is 0 Å². The van der Waals surface area contributed by atoms with E-state index in [4.69, 9.17) is 0 Å². The van der Waals surface area contributed by atoms with Gasteiger partial charge in [-0.1, -0.05) is 30.3 Å². The summed E-state index contributed by atoms with van der Waals surface area (Å²) in [7, 11) is 2.10. The molecule has 0 radical (unpaired) electrons. The molecule has 2 unspecified atom stereocenters. The van der Waals surface area contributed by atoms with Crippen LogP contribution < -0.4 is 10.6 Å². The molecule has 3 amide bonds. The van der Waals surface area contributed by atoms with Crippen LogP contribution in [0.5, 0.6) is 0 Å². The lowest BCUT2D eigenvalue weighted by Crippen LogP contribution is -2.49. The van der Waals surface area contributed by atoms with E-state index in [9.17, 15) is 9.59 Å². The van der Waals surface area contributed by atoms with E-state index in [1.54, 1.807) is 11.8 Å². The molecule has 2 rings (SSSR count). The number of rotatable bonds is 6. The second kappa shape index (κ2) is 9.42. The summed E-state index contributed by atoms with van der Waals surface area (Å²) in [6.07, 6.45) is 1.66. The number of carbonyl (C=O) groups excluding carboxylic acids is 2. The molecule has 2 atom stereocenters. The van der Waals surface area contributed by atoms with E-state index < -0.39 is 6.04 Å². The lowest BCUT2D eigenvalue weighted by atomic mass is 10.1. The Kier molecular flexibility index (Phi) is 7.25. The quantitative estimate of drug-likeness (QED) is 0.826. The molecular weight excluding hydrogens is 316 g/mol. The van der Waals surface area contributed by atoms with E-state index in [1.165, 1.54) is 5.56 Å². The minimum atomic E-state index is -0.416. The first kappa shape index (κ1) is 19.2. The molecule has 1 aliphatic rings. The third kappa shape index (κ3) is 5.74. The van der Waals surface area contributed by atoms with Crippen LogP contribution in [-0.4, -0.2) is 60.5 Å². The van der Waals surface area contributed by atoms with Gasteiger partial charge in [-0.3, -0.25) is 9.69 Å². The van der Waals surface area contributed by atoms with Crippen molar-refractivity contribution in [1.29, 1.82) is 0 Å². The fourth-order valence-electron chi connectivity index (χ4n) is 2.96. The highest BCUT2D eigenvalue weighted by atomic mass is 16.2. The molecular formula is C19H30N4O2. The van der Waals surface area contributed by atoms with Crippen molar-refractivity contribution in [2.45, 2.75) is 45.3 Å². The van der Waals surface area contributed by atoms with Crippen molar-refractivity contribution in [1.82, 2.24) is 20.4 Å². The summed E-state index contributed by atoms with van der Waals surface area (Å²) in [5.41, 5.74) is 1.28. The molecule has 0 aromatic heterocycles. The van der Waals surface area contributed by atoms with Crippen molar-refractivity contribution < 1.29 is 9.59 Å². The van der Waals surface area contributed by atoms with Crippen molar-refractivity contribution in [2.24, 2.45) is 0 Å². The summed E-state index contributed by atoms with van der Waals surface area (Å²) in [5.74, 6) is -0.0800. The van der Waals surface area contributed by atoms with Gasteiger partial charge in [0.1, 0.15) is 6.04 Å². The second-order valence-electron chi connectivity index (χ2n) is 6.78. The lowest BCUT2D eigenvalue weighted by Gasteiger charge is -2.27. The van der Waals surface area contributed by atoms with E-state index in [-0.39, 0.29) is 11.9 Å². The molecule has 25 heavy (non-hydrogen) atoms. The van der Waals surface area contributed by atoms with Crippen LogP contribution in [0.3, 0.4) is 0 Å². The maximum absolute atomic E-state index is 12.4. The smallest absolute Gasteiger partial charge is 0.318 e. The number of hydrogen-bond donors (Lipinski definition) is 2. The van der Waals surface area contributed by atoms with Crippen molar-refractivity contribution in [2.75, 3.05) is 26.7 Å². The summed E-state index contributed by atoms with van der Waals surface area (Å²) >= 11 is 0. The van der Waals surface area contributed by atoms with Gasteiger partial charge in [-0.25, -0.2) is 4.79 Å². The average molecular weight is 346 g/mol. The SMILES string of the molecule is CC(CCNC(=O)N1CCCNC(=O)C1C)N(C)Cc1ccccc1. The van der Waals surface area contributed by atoms with Gasteiger partial charge in [0.05, 0.1) is 0 Å². The van der Waals surface area contributed by atoms with Gasteiger partial charge < -0.3 is 15.5 Å². The summed E-state index contributed by atoms with van der Waals surface area (Å²) in [6.45, 7) is 6.67. The van der Waals surface area contributed by atoms with E-state index >= 15 is 0 Å². The largest absolute Gasteiger partial charge is 0.354 e. The molecule has 6 nitrogen and oxygen atoms in total. The number of nitrogens with zero attached hydrogens (tertiary/aromatic N) is 2. The second-order valence-corrected chi connectivity index (χ2v) is 6.78. The number of hydrogen-bond acceptors (Lipinski definition) is 3. The van der Waals surface area contributed by atoms with Gasteiger partial charge >= 0.3 is 6.03 Å². The van der Waals surface area contributed by atoms with E-state index in [0.717, 1.165) is 19.4 Å². The first-order valence-electron chi connectivity index (χ1n) is 9.05. The number of nitrogens with one attached hydrogen (secondary N) is 2. The molecule has 1 aromatic rings. The number of carbonyl (C=O) groups is 2.